The van der Waals surface area contributed by atoms with Crippen LogP contribution >= 0.6 is 0 Å². The van der Waals surface area contributed by atoms with Gasteiger partial charge in [-0.1, -0.05) is 19.6 Å². The highest BCUT2D eigenvalue weighted by Crippen LogP contribution is 2.42. The number of hydrogen-bond acceptors (Lipinski definition) is 4. The van der Waals surface area contributed by atoms with Crippen LogP contribution in [0.4, 0.5) is 0 Å². The summed E-state index contributed by atoms with van der Waals surface area (Å²) in [5.74, 6) is 0.725. The molecule has 0 unspecified atom stereocenters. The maximum absolute atomic E-state index is 9.64. The first-order valence-corrected chi connectivity index (χ1v) is 11.3. The van der Waals surface area contributed by atoms with E-state index in [2.05, 4.69) is 29.7 Å². The summed E-state index contributed by atoms with van der Waals surface area (Å²) in [7, 11) is -1.06. The second kappa shape index (κ2) is 5.42. The summed E-state index contributed by atoms with van der Waals surface area (Å²) in [6, 6.07) is 2.91. The van der Waals surface area contributed by atoms with Crippen molar-refractivity contribution in [2.75, 3.05) is 6.61 Å². The summed E-state index contributed by atoms with van der Waals surface area (Å²) in [6.07, 6.45) is 3.83. The van der Waals surface area contributed by atoms with Crippen LogP contribution in [0.15, 0.2) is 12.3 Å². The normalized spacial score (nSPS) is 15.8. The molecule has 0 saturated heterocycles. The number of fused-ring (bicyclic) bond motifs is 1. The van der Waals surface area contributed by atoms with E-state index in [0.29, 0.717) is 12.6 Å². The molecule has 0 radical (unpaired) electrons. The fourth-order valence-corrected chi connectivity index (χ4v) is 3.11. The molecule has 0 spiro atoms. The maximum Gasteiger partial charge on any atom is 0.160 e. The number of pyridine rings is 1. The summed E-state index contributed by atoms with van der Waals surface area (Å²) in [4.78, 5) is 4.32. The Hall–Kier alpha value is -1.40. The zero-order chi connectivity index (χ0) is 15.0. The van der Waals surface area contributed by atoms with Crippen LogP contribution in [-0.4, -0.2) is 34.6 Å². The molecule has 3 rings (SSSR count). The molecular formula is C15H23N3O2Si. The first-order chi connectivity index (χ1) is 9.94. The monoisotopic (exact) mass is 305 g/mol. The maximum atomic E-state index is 9.64. The standard InChI is InChI=1S/C15H23N3O2Si/c1-21(2,3)7-6-20-10-18-15-13(8-12(19)9-16-15)14(17-18)11-4-5-11/h8-9,11,19H,4-7,10H2,1-3H3. The highest BCUT2D eigenvalue weighted by Gasteiger charge is 2.29. The molecule has 114 valence electrons. The fraction of sp³-hybridized carbons (Fsp3) is 0.600. The molecule has 2 aromatic heterocycles. The molecule has 1 aliphatic carbocycles. The predicted molar refractivity (Wildman–Crippen MR) is 85.3 cm³/mol. The summed E-state index contributed by atoms with van der Waals surface area (Å²) in [6.45, 7) is 8.24. The Balaban J connectivity index is 1.76. The Labute approximate surface area is 126 Å². The number of ether oxygens (including phenoxy) is 1. The van der Waals surface area contributed by atoms with E-state index in [1.165, 1.54) is 19.0 Å². The molecule has 0 aromatic carbocycles. The first-order valence-electron chi connectivity index (χ1n) is 7.57. The molecule has 1 fully saturated rings. The number of aromatic hydroxyl groups is 1. The van der Waals surface area contributed by atoms with Gasteiger partial charge in [-0.2, -0.15) is 5.10 Å². The van der Waals surface area contributed by atoms with Crippen LogP contribution in [-0.2, 0) is 11.5 Å². The van der Waals surface area contributed by atoms with Crippen molar-refractivity contribution in [1.82, 2.24) is 14.8 Å². The van der Waals surface area contributed by atoms with Crippen molar-refractivity contribution >= 4 is 19.1 Å². The van der Waals surface area contributed by atoms with Gasteiger partial charge >= 0.3 is 0 Å². The average molecular weight is 305 g/mol. The smallest absolute Gasteiger partial charge is 0.160 e. The van der Waals surface area contributed by atoms with Crippen LogP contribution < -0.4 is 0 Å². The molecule has 0 aliphatic heterocycles. The van der Waals surface area contributed by atoms with E-state index in [9.17, 15) is 5.11 Å². The van der Waals surface area contributed by atoms with Gasteiger partial charge in [-0.3, -0.25) is 0 Å². The van der Waals surface area contributed by atoms with Crippen molar-refractivity contribution in [3.05, 3.63) is 18.0 Å². The highest BCUT2D eigenvalue weighted by molar-refractivity contribution is 6.76. The van der Waals surface area contributed by atoms with E-state index < -0.39 is 8.07 Å². The minimum atomic E-state index is -1.06. The molecule has 21 heavy (non-hydrogen) atoms. The number of rotatable bonds is 6. The number of nitrogens with zero attached hydrogens (tertiary/aromatic N) is 3. The van der Waals surface area contributed by atoms with Gasteiger partial charge < -0.3 is 9.84 Å². The van der Waals surface area contributed by atoms with Gasteiger partial charge in [0.2, 0.25) is 0 Å². The van der Waals surface area contributed by atoms with Crippen molar-refractivity contribution in [3.63, 3.8) is 0 Å². The molecule has 0 bridgehead atoms. The minimum absolute atomic E-state index is 0.198. The Morgan fingerprint density at radius 1 is 1.38 bits per heavy atom. The third-order valence-corrected chi connectivity index (χ3v) is 5.48. The van der Waals surface area contributed by atoms with Crippen molar-refractivity contribution in [2.45, 2.75) is 51.2 Å². The Morgan fingerprint density at radius 3 is 2.81 bits per heavy atom. The zero-order valence-corrected chi connectivity index (χ0v) is 14.0. The molecule has 1 saturated carbocycles. The molecule has 0 atom stereocenters. The van der Waals surface area contributed by atoms with Crippen molar-refractivity contribution in [1.29, 1.82) is 0 Å². The Bertz CT molecular complexity index is 644. The molecule has 2 aromatic rings. The fourth-order valence-electron chi connectivity index (χ4n) is 2.35. The van der Waals surface area contributed by atoms with Crippen LogP contribution in [0.25, 0.3) is 11.0 Å². The summed E-state index contributed by atoms with van der Waals surface area (Å²) in [5, 5.41) is 15.3. The van der Waals surface area contributed by atoms with Crippen LogP contribution in [0.5, 0.6) is 5.75 Å². The van der Waals surface area contributed by atoms with Gasteiger partial charge in [0.25, 0.3) is 0 Å². The predicted octanol–water partition coefficient (Wildman–Crippen LogP) is 3.33. The number of aromatic nitrogens is 3. The minimum Gasteiger partial charge on any atom is -0.506 e. The van der Waals surface area contributed by atoms with Gasteiger partial charge in [0.1, 0.15) is 12.5 Å². The van der Waals surface area contributed by atoms with Gasteiger partial charge in [-0.25, -0.2) is 9.67 Å². The van der Waals surface area contributed by atoms with Crippen LogP contribution in [0.2, 0.25) is 25.7 Å². The molecule has 2 heterocycles. The first kappa shape index (κ1) is 14.5. The quantitative estimate of drug-likeness (QED) is 0.657. The zero-order valence-electron chi connectivity index (χ0n) is 13.0. The van der Waals surface area contributed by atoms with E-state index in [-0.39, 0.29) is 5.75 Å². The Morgan fingerprint density at radius 2 is 2.14 bits per heavy atom. The molecular weight excluding hydrogens is 282 g/mol. The van der Waals surface area contributed by atoms with Crippen LogP contribution in [0.1, 0.15) is 24.5 Å². The number of hydrogen-bond donors (Lipinski definition) is 1. The molecule has 1 N–H and O–H groups in total. The SMILES string of the molecule is C[Si](C)(C)CCOCn1nc(C2CC2)c2cc(O)cnc21. The summed E-state index contributed by atoms with van der Waals surface area (Å²) < 4.78 is 7.61. The van der Waals surface area contributed by atoms with E-state index >= 15 is 0 Å². The molecule has 0 amide bonds. The van der Waals surface area contributed by atoms with E-state index in [1.54, 1.807) is 6.07 Å². The van der Waals surface area contributed by atoms with E-state index in [0.717, 1.165) is 29.4 Å². The summed E-state index contributed by atoms with van der Waals surface area (Å²) >= 11 is 0. The van der Waals surface area contributed by atoms with Gasteiger partial charge in [0, 0.05) is 26.0 Å². The van der Waals surface area contributed by atoms with Crippen LogP contribution in [0.3, 0.4) is 0 Å². The lowest BCUT2D eigenvalue weighted by Crippen LogP contribution is -2.22. The molecule has 6 heteroatoms. The second-order valence-electron chi connectivity index (χ2n) is 7.07. The van der Waals surface area contributed by atoms with Crippen LogP contribution in [0, 0.1) is 0 Å². The van der Waals surface area contributed by atoms with Gasteiger partial charge in [0.15, 0.2) is 5.65 Å². The highest BCUT2D eigenvalue weighted by atomic mass is 28.3. The Kier molecular flexibility index (Phi) is 3.75. The summed E-state index contributed by atoms with van der Waals surface area (Å²) in [5.41, 5.74) is 1.87. The van der Waals surface area contributed by atoms with Crippen molar-refractivity contribution < 1.29 is 9.84 Å². The third-order valence-electron chi connectivity index (χ3n) is 3.78. The average Bonchev–Trinajstić information content (AvgIpc) is 3.17. The van der Waals surface area contributed by atoms with E-state index in [4.69, 9.17) is 4.74 Å². The lowest BCUT2D eigenvalue weighted by molar-refractivity contribution is 0.0810. The van der Waals surface area contributed by atoms with Gasteiger partial charge in [-0.15, -0.1) is 0 Å². The largest absolute Gasteiger partial charge is 0.506 e. The van der Waals surface area contributed by atoms with Gasteiger partial charge in [0.05, 0.1) is 11.9 Å². The van der Waals surface area contributed by atoms with Crippen molar-refractivity contribution in [2.24, 2.45) is 0 Å². The topological polar surface area (TPSA) is 60.2 Å². The lowest BCUT2D eigenvalue weighted by Gasteiger charge is -2.15. The third kappa shape index (κ3) is 3.44. The lowest BCUT2D eigenvalue weighted by atomic mass is 10.2. The van der Waals surface area contributed by atoms with Gasteiger partial charge in [-0.05, 0) is 25.0 Å². The second-order valence-corrected chi connectivity index (χ2v) is 12.7. The molecule has 1 aliphatic rings. The van der Waals surface area contributed by atoms with E-state index in [1.807, 2.05) is 4.68 Å². The van der Waals surface area contributed by atoms with Crippen molar-refractivity contribution in [3.8, 4) is 5.75 Å². The molecule has 5 nitrogen and oxygen atoms in total.